The van der Waals surface area contributed by atoms with Gasteiger partial charge in [0.1, 0.15) is 5.76 Å². The molecule has 1 aromatic heterocycles. The van der Waals surface area contributed by atoms with Crippen LogP contribution in [0.15, 0.2) is 19.6 Å². The monoisotopic (exact) mass is 351 g/mol. The van der Waals surface area contributed by atoms with E-state index < -0.39 is 0 Å². The number of hydrogen-bond acceptors (Lipinski definition) is 3. The molecule has 16 heavy (non-hydrogen) atoms. The highest BCUT2D eigenvalue weighted by Crippen LogP contribution is 2.27. The van der Waals surface area contributed by atoms with Gasteiger partial charge >= 0.3 is 0 Å². The van der Waals surface area contributed by atoms with Gasteiger partial charge in [0.15, 0.2) is 4.67 Å². The van der Waals surface area contributed by atoms with Crippen molar-refractivity contribution in [1.82, 2.24) is 5.32 Å². The van der Waals surface area contributed by atoms with Crippen LogP contribution in [0.3, 0.4) is 0 Å². The maximum Gasteiger partial charge on any atom is 0.183 e. The van der Waals surface area contributed by atoms with E-state index in [0.717, 1.165) is 47.5 Å². The van der Waals surface area contributed by atoms with Gasteiger partial charge in [-0.1, -0.05) is 0 Å². The highest BCUT2D eigenvalue weighted by atomic mass is 79.9. The lowest BCUT2D eigenvalue weighted by Crippen LogP contribution is -2.46. The minimum atomic E-state index is 0.171. The molecule has 0 radical (unpaired) electrons. The molecular formula is C11H15Br2NO2. The molecule has 0 saturated carbocycles. The van der Waals surface area contributed by atoms with Crippen molar-refractivity contribution in [1.29, 1.82) is 0 Å². The lowest BCUT2D eigenvalue weighted by molar-refractivity contribution is 0.0439. The molecule has 1 aliphatic heterocycles. The fraction of sp³-hybridized carbons (Fsp3) is 0.636. The summed E-state index contributed by atoms with van der Waals surface area (Å²) in [7, 11) is 0. The van der Waals surface area contributed by atoms with Crippen LogP contribution in [0.1, 0.15) is 25.5 Å². The third kappa shape index (κ3) is 3.09. The van der Waals surface area contributed by atoms with Gasteiger partial charge in [0.25, 0.3) is 0 Å². The van der Waals surface area contributed by atoms with Gasteiger partial charge in [0, 0.05) is 18.8 Å². The zero-order chi connectivity index (χ0) is 11.6. The highest BCUT2D eigenvalue weighted by Gasteiger charge is 2.26. The predicted molar refractivity (Wildman–Crippen MR) is 69.4 cm³/mol. The molecule has 0 amide bonds. The maximum absolute atomic E-state index is 5.53. The van der Waals surface area contributed by atoms with Crippen molar-refractivity contribution in [3.8, 4) is 0 Å². The summed E-state index contributed by atoms with van der Waals surface area (Å²) >= 11 is 6.74. The molecule has 0 aliphatic carbocycles. The summed E-state index contributed by atoms with van der Waals surface area (Å²) in [5, 5.41) is 3.54. The fourth-order valence-electron chi connectivity index (χ4n) is 1.78. The fourth-order valence-corrected chi connectivity index (χ4v) is 2.44. The first-order valence-electron chi connectivity index (χ1n) is 5.36. The Hall–Kier alpha value is 0.160. The van der Waals surface area contributed by atoms with Crippen LogP contribution in [0.4, 0.5) is 0 Å². The Morgan fingerprint density at radius 2 is 2.06 bits per heavy atom. The quantitative estimate of drug-likeness (QED) is 0.904. The Morgan fingerprint density at radius 3 is 2.62 bits per heavy atom. The largest absolute Gasteiger partial charge is 0.452 e. The smallest absolute Gasteiger partial charge is 0.183 e. The summed E-state index contributed by atoms with van der Waals surface area (Å²) in [6, 6.07) is 1.99. The Balaban J connectivity index is 1.91. The average molecular weight is 353 g/mol. The molecule has 0 aromatic carbocycles. The molecule has 1 N–H and O–H groups in total. The van der Waals surface area contributed by atoms with Crippen LogP contribution in [0, 0.1) is 0 Å². The first kappa shape index (κ1) is 12.6. The lowest BCUT2D eigenvalue weighted by Gasteiger charge is -2.34. The first-order chi connectivity index (χ1) is 7.59. The van der Waals surface area contributed by atoms with E-state index >= 15 is 0 Å². The number of hydrogen-bond donors (Lipinski definition) is 1. The molecule has 1 saturated heterocycles. The van der Waals surface area contributed by atoms with Crippen molar-refractivity contribution in [2.45, 2.75) is 31.8 Å². The molecule has 5 heteroatoms. The summed E-state index contributed by atoms with van der Waals surface area (Å²) < 4.78 is 12.6. The van der Waals surface area contributed by atoms with E-state index in [1.54, 1.807) is 0 Å². The number of halogens is 2. The molecule has 3 nitrogen and oxygen atoms in total. The maximum atomic E-state index is 5.53. The van der Waals surface area contributed by atoms with Gasteiger partial charge < -0.3 is 14.5 Å². The normalized spacial score (nSPS) is 19.9. The van der Waals surface area contributed by atoms with Crippen molar-refractivity contribution in [2.75, 3.05) is 13.2 Å². The van der Waals surface area contributed by atoms with E-state index in [4.69, 9.17) is 9.15 Å². The number of furan rings is 1. The number of rotatable bonds is 3. The molecule has 1 aromatic rings. The molecule has 0 unspecified atom stereocenters. The molecule has 0 bridgehead atoms. The zero-order valence-corrected chi connectivity index (χ0v) is 12.4. The van der Waals surface area contributed by atoms with Crippen molar-refractivity contribution in [3.05, 3.63) is 21.0 Å². The summed E-state index contributed by atoms with van der Waals surface area (Å²) in [5.74, 6) is 0.937. The summed E-state index contributed by atoms with van der Waals surface area (Å²) in [6.07, 6.45) is 2.10. The van der Waals surface area contributed by atoms with Gasteiger partial charge in [-0.05, 0) is 57.7 Å². The number of ether oxygens (including phenoxy) is 1. The van der Waals surface area contributed by atoms with Crippen LogP contribution in [0.25, 0.3) is 0 Å². The lowest BCUT2D eigenvalue weighted by atomic mass is 9.92. The van der Waals surface area contributed by atoms with E-state index in [1.165, 1.54) is 0 Å². The minimum Gasteiger partial charge on any atom is -0.452 e. The summed E-state index contributed by atoms with van der Waals surface area (Å²) in [5.41, 5.74) is 0.171. The summed E-state index contributed by atoms with van der Waals surface area (Å²) in [4.78, 5) is 0. The molecule has 90 valence electrons. The van der Waals surface area contributed by atoms with Crippen molar-refractivity contribution in [3.63, 3.8) is 0 Å². The van der Waals surface area contributed by atoms with E-state index in [9.17, 15) is 0 Å². The third-order valence-corrected chi connectivity index (χ3v) is 4.69. The minimum absolute atomic E-state index is 0.171. The predicted octanol–water partition coefficient (Wildman–Crippen LogP) is 3.46. The standard InChI is InChI=1S/C11H15Br2NO2/c1-11(2-4-15-5-3-11)14-7-8-6-9(12)10(13)16-8/h6,14H,2-5,7H2,1H3. The van der Waals surface area contributed by atoms with E-state index in [1.807, 2.05) is 6.07 Å². The molecule has 0 spiro atoms. The van der Waals surface area contributed by atoms with Crippen LogP contribution in [-0.2, 0) is 11.3 Å². The van der Waals surface area contributed by atoms with E-state index in [0.29, 0.717) is 0 Å². The molecular weight excluding hydrogens is 338 g/mol. The van der Waals surface area contributed by atoms with Gasteiger partial charge in [-0.15, -0.1) is 0 Å². The van der Waals surface area contributed by atoms with Gasteiger partial charge in [-0.25, -0.2) is 0 Å². The average Bonchev–Trinajstić information content (AvgIpc) is 2.57. The highest BCUT2D eigenvalue weighted by molar-refractivity contribution is 9.13. The van der Waals surface area contributed by atoms with Gasteiger partial charge in [0.05, 0.1) is 11.0 Å². The molecule has 1 aliphatic rings. The van der Waals surface area contributed by atoms with Crippen LogP contribution >= 0.6 is 31.9 Å². The van der Waals surface area contributed by atoms with Crippen LogP contribution < -0.4 is 5.32 Å². The van der Waals surface area contributed by atoms with Crippen LogP contribution in [-0.4, -0.2) is 18.8 Å². The Labute approximate surface area is 112 Å². The Bertz CT molecular complexity index is 339. The van der Waals surface area contributed by atoms with Gasteiger partial charge in [-0.2, -0.15) is 0 Å². The second-order valence-electron chi connectivity index (χ2n) is 4.36. The second kappa shape index (κ2) is 5.21. The Kier molecular flexibility index (Phi) is 4.11. The van der Waals surface area contributed by atoms with Crippen LogP contribution in [0.2, 0.25) is 0 Å². The van der Waals surface area contributed by atoms with Crippen molar-refractivity contribution < 1.29 is 9.15 Å². The Morgan fingerprint density at radius 1 is 1.38 bits per heavy atom. The second-order valence-corrected chi connectivity index (χ2v) is 5.94. The van der Waals surface area contributed by atoms with Gasteiger partial charge in [0.2, 0.25) is 0 Å². The zero-order valence-electron chi connectivity index (χ0n) is 9.19. The third-order valence-electron chi connectivity index (χ3n) is 2.98. The van der Waals surface area contributed by atoms with E-state index in [-0.39, 0.29) is 5.54 Å². The van der Waals surface area contributed by atoms with Crippen LogP contribution in [0.5, 0.6) is 0 Å². The van der Waals surface area contributed by atoms with E-state index in [2.05, 4.69) is 44.1 Å². The molecule has 1 fully saturated rings. The van der Waals surface area contributed by atoms with Crippen molar-refractivity contribution >= 4 is 31.9 Å². The first-order valence-corrected chi connectivity index (χ1v) is 6.94. The molecule has 2 heterocycles. The number of nitrogens with one attached hydrogen (secondary N) is 1. The molecule has 2 rings (SSSR count). The van der Waals surface area contributed by atoms with Gasteiger partial charge in [-0.3, -0.25) is 0 Å². The topological polar surface area (TPSA) is 34.4 Å². The van der Waals surface area contributed by atoms with Crippen molar-refractivity contribution in [2.24, 2.45) is 0 Å². The SMILES string of the molecule is CC1(NCc2cc(Br)c(Br)o2)CCOCC1. The molecule has 0 atom stereocenters. The summed E-state index contributed by atoms with van der Waals surface area (Å²) in [6.45, 7) is 4.67.